The molecule has 1 atom stereocenters. The van der Waals surface area contributed by atoms with E-state index in [0.29, 0.717) is 37.2 Å². The van der Waals surface area contributed by atoms with Crippen molar-refractivity contribution in [2.45, 2.75) is 57.5 Å². The maximum atomic E-state index is 13.6. The first-order valence-corrected chi connectivity index (χ1v) is 13.3. The Morgan fingerprint density at radius 2 is 1.75 bits per heavy atom. The minimum Gasteiger partial charge on any atom is -0.494 e. The van der Waals surface area contributed by atoms with Crippen molar-refractivity contribution < 1.29 is 19.0 Å². The van der Waals surface area contributed by atoms with Crippen molar-refractivity contribution >= 4 is 6.03 Å². The van der Waals surface area contributed by atoms with E-state index in [1.165, 1.54) is 32.1 Å². The number of nitrogens with zero attached hydrogens (tertiary/aromatic N) is 2. The monoisotopic (exact) mass is 495 g/mol. The highest BCUT2D eigenvalue weighted by molar-refractivity contribution is 5.76. The molecule has 1 fully saturated rings. The van der Waals surface area contributed by atoms with E-state index in [4.69, 9.17) is 14.2 Å². The van der Waals surface area contributed by atoms with Gasteiger partial charge in [-0.2, -0.15) is 0 Å². The summed E-state index contributed by atoms with van der Waals surface area (Å²) in [5, 5.41) is 3.20. The van der Waals surface area contributed by atoms with Crippen molar-refractivity contribution in [1.29, 1.82) is 0 Å². The Balaban J connectivity index is 1.59. The standard InChI is InChI=1S/C29H41N3O4/c1-5-36-25-14-10-9-13-23(25)28-24-20-27(35-4)26(34-3)19-21(24)15-17-32(28)29(33)30-16-18-31(2)22-11-7-6-8-12-22/h9-10,13-14,19-20,22,28H,5-8,11-12,15-18H2,1-4H3,(H,30,33). The first-order chi connectivity index (χ1) is 17.6. The number of para-hydroxylation sites is 1. The summed E-state index contributed by atoms with van der Waals surface area (Å²) in [6, 6.07) is 12.3. The number of methoxy groups -OCH3 is 2. The van der Waals surface area contributed by atoms with Crippen molar-refractivity contribution in [2.75, 3.05) is 47.5 Å². The zero-order valence-electron chi connectivity index (χ0n) is 22.2. The van der Waals surface area contributed by atoms with E-state index in [9.17, 15) is 4.79 Å². The number of fused-ring (bicyclic) bond motifs is 1. The van der Waals surface area contributed by atoms with Gasteiger partial charge in [0, 0.05) is 31.2 Å². The molecule has 7 nitrogen and oxygen atoms in total. The molecule has 7 heteroatoms. The Bertz CT molecular complexity index is 1020. The third-order valence-corrected chi connectivity index (χ3v) is 7.59. The Kier molecular flexibility index (Phi) is 8.97. The largest absolute Gasteiger partial charge is 0.494 e. The number of benzene rings is 2. The Morgan fingerprint density at radius 1 is 1.03 bits per heavy atom. The van der Waals surface area contributed by atoms with Crippen LogP contribution in [-0.4, -0.2) is 69.4 Å². The molecule has 1 aliphatic carbocycles. The van der Waals surface area contributed by atoms with Crippen molar-refractivity contribution in [1.82, 2.24) is 15.1 Å². The van der Waals surface area contributed by atoms with Crippen molar-refractivity contribution in [3.8, 4) is 17.2 Å². The predicted molar refractivity (Wildman–Crippen MR) is 142 cm³/mol. The molecule has 2 aromatic rings. The Hall–Kier alpha value is -2.93. The van der Waals surface area contributed by atoms with E-state index in [2.05, 4.69) is 23.3 Å². The van der Waals surface area contributed by atoms with Crippen LogP contribution in [0, 0.1) is 0 Å². The van der Waals surface area contributed by atoms with Crippen LogP contribution in [0.4, 0.5) is 4.79 Å². The molecule has 0 spiro atoms. The van der Waals surface area contributed by atoms with Gasteiger partial charge in [0.15, 0.2) is 11.5 Å². The highest BCUT2D eigenvalue weighted by atomic mass is 16.5. The van der Waals surface area contributed by atoms with Crippen molar-refractivity contribution in [3.05, 3.63) is 53.1 Å². The topological polar surface area (TPSA) is 63.3 Å². The van der Waals surface area contributed by atoms with Crippen LogP contribution in [-0.2, 0) is 6.42 Å². The van der Waals surface area contributed by atoms with Gasteiger partial charge in [0.25, 0.3) is 0 Å². The molecular weight excluding hydrogens is 454 g/mol. The molecule has 2 aromatic carbocycles. The minimum absolute atomic E-state index is 0.0521. The van der Waals surface area contributed by atoms with Gasteiger partial charge in [-0.25, -0.2) is 4.79 Å². The lowest BCUT2D eigenvalue weighted by Gasteiger charge is -2.39. The summed E-state index contributed by atoms with van der Waals surface area (Å²) < 4.78 is 17.2. The van der Waals surface area contributed by atoms with E-state index in [1.54, 1.807) is 14.2 Å². The maximum Gasteiger partial charge on any atom is 0.318 e. The fourth-order valence-corrected chi connectivity index (χ4v) is 5.64. The number of likely N-dealkylation sites (N-methyl/N-ethyl adjacent to an activating group) is 1. The number of hydrogen-bond acceptors (Lipinski definition) is 5. The highest BCUT2D eigenvalue weighted by Gasteiger charge is 2.35. The lowest BCUT2D eigenvalue weighted by Crippen LogP contribution is -2.48. The number of urea groups is 1. The zero-order chi connectivity index (χ0) is 25.5. The van der Waals surface area contributed by atoms with Crippen LogP contribution in [0.15, 0.2) is 36.4 Å². The molecule has 4 rings (SSSR count). The summed E-state index contributed by atoms with van der Waals surface area (Å²) in [5.41, 5.74) is 3.17. The Labute approximate surface area is 215 Å². The van der Waals surface area contributed by atoms with E-state index in [-0.39, 0.29) is 12.1 Å². The normalized spacial score (nSPS) is 18.0. The third-order valence-electron chi connectivity index (χ3n) is 7.59. The second-order valence-corrected chi connectivity index (χ2v) is 9.73. The Morgan fingerprint density at radius 3 is 2.47 bits per heavy atom. The van der Waals surface area contributed by atoms with Gasteiger partial charge in [0.2, 0.25) is 0 Å². The van der Waals surface area contributed by atoms with Gasteiger partial charge in [-0.3, -0.25) is 0 Å². The maximum absolute atomic E-state index is 13.6. The molecule has 0 bridgehead atoms. The first-order valence-electron chi connectivity index (χ1n) is 13.3. The second-order valence-electron chi connectivity index (χ2n) is 9.73. The molecule has 1 unspecified atom stereocenters. The average molecular weight is 496 g/mol. The number of hydrogen-bond donors (Lipinski definition) is 1. The first kappa shape index (κ1) is 26.1. The van der Waals surface area contributed by atoms with Crippen LogP contribution < -0.4 is 19.5 Å². The molecule has 1 N–H and O–H groups in total. The van der Waals surface area contributed by atoms with Crippen molar-refractivity contribution in [3.63, 3.8) is 0 Å². The number of carbonyl (C=O) groups is 1. The smallest absolute Gasteiger partial charge is 0.318 e. The van der Waals surface area contributed by atoms with Crippen LogP contribution in [0.5, 0.6) is 17.2 Å². The molecule has 196 valence electrons. The van der Waals surface area contributed by atoms with Gasteiger partial charge < -0.3 is 29.3 Å². The molecule has 1 heterocycles. The SMILES string of the molecule is CCOc1ccccc1C1c2cc(OC)c(OC)cc2CCN1C(=O)NCCN(C)C1CCCCC1. The number of amides is 2. The number of carbonyl (C=O) groups excluding carboxylic acids is 1. The second kappa shape index (κ2) is 12.3. The van der Waals surface area contributed by atoms with Crippen LogP contribution >= 0.6 is 0 Å². The summed E-state index contributed by atoms with van der Waals surface area (Å²) in [4.78, 5) is 17.9. The van der Waals surface area contributed by atoms with Gasteiger partial charge in [-0.15, -0.1) is 0 Å². The molecular formula is C29H41N3O4. The lowest BCUT2D eigenvalue weighted by molar-refractivity contribution is 0.169. The van der Waals surface area contributed by atoms with E-state index in [0.717, 1.165) is 35.4 Å². The predicted octanol–water partition coefficient (Wildman–Crippen LogP) is 5.02. The molecule has 0 radical (unpaired) electrons. The molecule has 2 amide bonds. The van der Waals surface area contributed by atoms with E-state index >= 15 is 0 Å². The molecule has 0 aromatic heterocycles. The van der Waals surface area contributed by atoms with Gasteiger partial charge >= 0.3 is 6.03 Å². The fourth-order valence-electron chi connectivity index (χ4n) is 5.64. The van der Waals surface area contributed by atoms with Gasteiger partial charge in [0.05, 0.1) is 26.9 Å². The van der Waals surface area contributed by atoms with Crippen LogP contribution in [0.2, 0.25) is 0 Å². The van der Waals surface area contributed by atoms with Crippen LogP contribution in [0.1, 0.15) is 61.8 Å². The van der Waals surface area contributed by atoms with E-state index in [1.807, 2.05) is 42.2 Å². The summed E-state index contributed by atoms with van der Waals surface area (Å²) >= 11 is 0. The van der Waals surface area contributed by atoms with Crippen molar-refractivity contribution in [2.24, 2.45) is 0 Å². The third kappa shape index (κ3) is 5.72. The molecule has 2 aliphatic rings. The summed E-state index contributed by atoms with van der Waals surface area (Å²) in [5.74, 6) is 2.16. The summed E-state index contributed by atoms with van der Waals surface area (Å²) in [6.45, 7) is 4.62. The quantitative estimate of drug-likeness (QED) is 0.529. The number of ether oxygens (including phenoxy) is 3. The average Bonchev–Trinajstić information content (AvgIpc) is 2.92. The fraction of sp³-hybridized carbons (Fsp3) is 0.552. The highest BCUT2D eigenvalue weighted by Crippen LogP contribution is 2.43. The zero-order valence-corrected chi connectivity index (χ0v) is 22.2. The summed E-state index contributed by atoms with van der Waals surface area (Å²) in [6.07, 6.45) is 7.23. The van der Waals surface area contributed by atoms with Crippen LogP contribution in [0.3, 0.4) is 0 Å². The molecule has 36 heavy (non-hydrogen) atoms. The molecule has 1 aliphatic heterocycles. The molecule has 1 saturated carbocycles. The van der Waals surface area contributed by atoms with Gasteiger partial charge in [-0.05, 0) is 62.6 Å². The molecule has 0 saturated heterocycles. The van der Waals surface area contributed by atoms with Gasteiger partial charge in [0.1, 0.15) is 5.75 Å². The lowest BCUT2D eigenvalue weighted by atomic mass is 9.87. The minimum atomic E-state index is -0.285. The van der Waals surface area contributed by atoms with E-state index < -0.39 is 0 Å². The number of nitrogens with one attached hydrogen (secondary N) is 1. The van der Waals surface area contributed by atoms with Crippen LogP contribution in [0.25, 0.3) is 0 Å². The van der Waals surface area contributed by atoms with Gasteiger partial charge in [-0.1, -0.05) is 37.5 Å². The summed E-state index contributed by atoms with van der Waals surface area (Å²) in [7, 11) is 5.47. The number of rotatable bonds is 9.